The summed E-state index contributed by atoms with van der Waals surface area (Å²) in [5, 5.41) is 1.92. The van der Waals surface area contributed by atoms with E-state index in [0.29, 0.717) is 13.1 Å². The van der Waals surface area contributed by atoms with Crippen LogP contribution >= 0.6 is 11.3 Å². The number of hydrogen-bond donors (Lipinski definition) is 0. The lowest BCUT2D eigenvalue weighted by Crippen LogP contribution is -2.32. The second kappa shape index (κ2) is 5.54. The van der Waals surface area contributed by atoms with E-state index in [1.54, 1.807) is 16.2 Å². The number of likely N-dealkylation sites (N-methyl/N-ethyl adjacent to an activating group) is 1. The van der Waals surface area contributed by atoms with Crippen molar-refractivity contribution >= 4 is 18.3 Å². The second-order valence-corrected chi connectivity index (χ2v) is 4.65. The molecule has 0 saturated carbocycles. The molecule has 0 fully saturated rings. The van der Waals surface area contributed by atoms with Crippen LogP contribution in [0.1, 0.15) is 11.8 Å². The molecule has 0 unspecified atom stereocenters. The summed E-state index contributed by atoms with van der Waals surface area (Å²) < 4.78 is 37.1. The van der Waals surface area contributed by atoms with E-state index in [-0.39, 0.29) is 6.54 Å². The van der Waals surface area contributed by atoms with Gasteiger partial charge in [0.1, 0.15) is 0 Å². The summed E-state index contributed by atoms with van der Waals surface area (Å²) in [5.41, 5.74) is -0.626. The zero-order chi connectivity index (χ0) is 12.2. The molecule has 0 aromatic carbocycles. The predicted molar refractivity (Wildman–Crippen MR) is 63.5 cm³/mol. The molecule has 1 heterocycles. The van der Waals surface area contributed by atoms with E-state index in [4.69, 9.17) is 0 Å². The molecule has 0 radical (unpaired) electrons. The Balaban J connectivity index is 2.53. The predicted octanol–water partition coefficient (Wildman–Crippen LogP) is 3.51. The minimum Gasteiger partial charge on any atom is -0.445 e. The van der Waals surface area contributed by atoms with Crippen LogP contribution < -0.4 is 0 Å². The SMILES string of the molecule is C=C(CN(CC)Cc1cccs1)[B-](F)(F)F. The van der Waals surface area contributed by atoms with Crippen LogP contribution in [0.15, 0.2) is 29.6 Å². The highest BCUT2D eigenvalue weighted by Crippen LogP contribution is 2.20. The van der Waals surface area contributed by atoms with Gasteiger partial charge in [-0.3, -0.25) is 4.90 Å². The van der Waals surface area contributed by atoms with Crippen LogP contribution in [0, 0.1) is 0 Å². The van der Waals surface area contributed by atoms with Crippen LogP contribution in [0.25, 0.3) is 0 Å². The molecule has 0 saturated heterocycles. The van der Waals surface area contributed by atoms with Gasteiger partial charge in [0.05, 0.1) is 0 Å². The Kier molecular flexibility index (Phi) is 4.62. The van der Waals surface area contributed by atoms with Gasteiger partial charge in [-0.1, -0.05) is 13.0 Å². The fourth-order valence-corrected chi connectivity index (χ4v) is 2.04. The first-order chi connectivity index (χ1) is 7.43. The van der Waals surface area contributed by atoms with E-state index in [2.05, 4.69) is 6.58 Å². The fraction of sp³-hybridized carbons (Fsp3) is 0.400. The van der Waals surface area contributed by atoms with Gasteiger partial charge < -0.3 is 12.9 Å². The summed E-state index contributed by atoms with van der Waals surface area (Å²) in [6.45, 7) is 1.09. The number of rotatable bonds is 6. The summed E-state index contributed by atoms with van der Waals surface area (Å²) in [4.78, 5) is 2.81. The molecule has 1 aromatic heterocycles. The van der Waals surface area contributed by atoms with Crippen molar-refractivity contribution in [3.05, 3.63) is 34.4 Å². The Morgan fingerprint density at radius 3 is 2.62 bits per heavy atom. The zero-order valence-electron chi connectivity index (χ0n) is 9.13. The van der Waals surface area contributed by atoms with Crippen LogP contribution in [0.2, 0.25) is 0 Å². The third kappa shape index (κ3) is 4.02. The van der Waals surface area contributed by atoms with Gasteiger partial charge in [0.25, 0.3) is 0 Å². The second-order valence-electron chi connectivity index (χ2n) is 3.62. The lowest BCUT2D eigenvalue weighted by Gasteiger charge is -2.26. The maximum absolute atomic E-state index is 12.4. The van der Waals surface area contributed by atoms with Gasteiger partial charge in [-0.25, -0.2) is 0 Å². The van der Waals surface area contributed by atoms with Crippen molar-refractivity contribution in [3.63, 3.8) is 0 Å². The Morgan fingerprint density at radius 1 is 1.50 bits per heavy atom. The van der Waals surface area contributed by atoms with E-state index in [1.165, 1.54) is 0 Å². The van der Waals surface area contributed by atoms with E-state index in [1.807, 2.05) is 24.4 Å². The Morgan fingerprint density at radius 2 is 2.19 bits per heavy atom. The third-order valence-electron chi connectivity index (χ3n) is 2.30. The molecule has 0 spiro atoms. The highest BCUT2D eigenvalue weighted by molar-refractivity contribution is 7.09. The molecule has 0 bridgehead atoms. The van der Waals surface area contributed by atoms with Crippen molar-refractivity contribution in [2.45, 2.75) is 13.5 Å². The minimum atomic E-state index is -4.91. The number of hydrogen-bond acceptors (Lipinski definition) is 2. The van der Waals surface area contributed by atoms with Crippen LogP contribution in [0.3, 0.4) is 0 Å². The third-order valence-corrected chi connectivity index (χ3v) is 3.16. The van der Waals surface area contributed by atoms with Gasteiger partial charge in [0.15, 0.2) is 0 Å². The van der Waals surface area contributed by atoms with E-state index >= 15 is 0 Å². The van der Waals surface area contributed by atoms with Crippen molar-refractivity contribution in [1.29, 1.82) is 0 Å². The Bertz CT molecular complexity index is 334. The van der Waals surface area contributed by atoms with Crippen molar-refractivity contribution in [1.82, 2.24) is 4.90 Å². The Hall–Kier alpha value is -0.745. The normalized spacial score (nSPS) is 12.1. The average Bonchev–Trinajstić information content (AvgIpc) is 2.67. The summed E-state index contributed by atoms with van der Waals surface area (Å²) >= 11 is 1.55. The molecule has 16 heavy (non-hydrogen) atoms. The van der Waals surface area contributed by atoms with Crippen LogP contribution in [0.4, 0.5) is 12.9 Å². The molecule has 1 rings (SSSR count). The smallest absolute Gasteiger partial charge is 0.445 e. The van der Waals surface area contributed by atoms with Gasteiger partial charge in [0.2, 0.25) is 0 Å². The first-order valence-electron chi connectivity index (χ1n) is 5.05. The molecule has 1 aromatic rings. The molecule has 1 nitrogen and oxygen atoms in total. The molecule has 90 valence electrons. The number of halogens is 3. The monoisotopic (exact) mass is 248 g/mol. The van der Waals surface area contributed by atoms with Crippen LogP contribution in [0.5, 0.6) is 0 Å². The van der Waals surface area contributed by atoms with Crippen molar-refractivity contribution in [2.75, 3.05) is 13.1 Å². The lowest BCUT2D eigenvalue weighted by molar-refractivity contribution is 0.305. The zero-order valence-corrected chi connectivity index (χ0v) is 9.94. The molecule has 0 atom stereocenters. The van der Waals surface area contributed by atoms with Crippen molar-refractivity contribution < 1.29 is 12.9 Å². The molecule has 6 heteroatoms. The van der Waals surface area contributed by atoms with Gasteiger partial charge in [-0.15, -0.1) is 23.4 Å². The summed E-state index contributed by atoms with van der Waals surface area (Å²) in [6, 6.07) is 3.82. The first-order valence-corrected chi connectivity index (χ1v) is 5.93. The number of nitrogens with zero attached hydrogens (tertiary/aromatic N) is 1. The molecule has 0 N–H and O–H groups in total. The summed E-state index contributed by atoms with van der Waals surface area (Å²) in [6.07, 6.45) is 0. The van der Waals surface area contributed by atoms with Crippen molar-refractivity contribution in [2.24, 2.45) is 0 Å². The fourth-order valence-electron chi connectivity index (χ4n) is 1.29. The summed E-state index contributed by atoms with van der Waals surface area (Å²) in [7, 11) is 0. The number of thiophene rings is 1. The van der Waals surface area contributed by atoms with E-state index in [0.717, 1.165) is 4.88 Å². The van der Waals surface area contributed by atoms with Crippen molar-refractivity contribution in [3.8, 4) is 0 Å². The molecule has 0 aliphatic carbocycles. The highest BCUT2D eigenvalue weighted by atomic mass is 32.1. The Labute approximate surface area is 97.6 Å². The lowest BCUT2D eigenvalue weighted by atomic mass is 9.80. The maximum Gasteiger partial charge on any atom is 0.506 e. The molecule has 0 aliphatic rings. The standard InChI is InChI=1S/C10H14BF3NS/c1-3-15(7-9(2)11(12,13)14)8-10-5-4-6-16-10/h4-6H,2-3,7-8H2,1H3/q-1. The molecular formula is C10H14BF3NS-. The topological polar surface area (TPSA) is 3.24 Å². The largest absolute Gasteiger partial charge is 0.506 e. The molecule has 0 aliphatic heterocycles. The minimum absolute atomic E-state index is 0.0993. The average molecular weight is 248 g/mol. The summed E-state index contributed by atoms with van der Waals surface area (Å²) in [5.74, 6) is 0. The maximum atomic E-state index is 12.4. The van der Waals surface area contributed by atoms with Crippen LogP contribution in [-0.4, -0.2) is 25.0 Å². The van der Waals surface area contributed by atoms with Gasteiger partial charge in [0, 0.05) is 11.4 Å². The van der Waals surface area contributed by atoms with E-state index < -0.39 is 12.4 Å². The van der Waals surface area contributed by atoms with E-state index in [9.17, 15) is 12.9 Å². The highest BCUT2D eigenvalue weighted by Gasteiger charge is 2.27. The van der Waals surface area contributed by atoms with Crippen LogP contribution in [-0.2, 0) is 6.54 Å². The molecule has 0 amide bonds. The van der Waals surface area contributed by atoms with Gasteiger partial charge >= 0.3 is 6.98 Å². The quantitative estimate of drug-likeness (QED) is 0.696. The molecular weight excluding hydrogens is 234 g/mol. The van der Waals surface area contributed by atoms with Gasteiger partial charge in [-0.2, -0.15) is 0 Å². The first kappa shape index (κ1) is 13.3. The van der Waals surface area contributed by atoms with Gasteiger partial charge in [-0.05, 0) is 24.5 Å².